The number of hydrogen-bond donors (Lipinski definition) is 2. The summed E-state index contributed by atoms with van der Waals surface area (Å²) in [4.78, 5) is 0. The first-order chi connectivity index (χ1) is 12.5. The molecule has 1 aliphatic heterocycles. The summed E-state index contributed by atoms with van der Waals surface area (Å²) in [6.45, 7) is 5.25. The maximum atomic E-state index is 10.4. The van der Waals surface area contributed by atoms with E-state index in [1.54, 1.807) is 12.1 Å². The minimum absolute atomic E-state index is 0.0415. The highest BCUT2D eigenvalue weighted by atomic mass is 35.5. The zero-order valence-electron chi connectivity index (χ0n) is 15.2. The van der Waals surface area contributed by atoms with Crippen molar-refractivity contribution in [1.82, 2.24) is 5.32 Å². The van der Waals surface area contributed by atoms with Gasteiger partial charge in [0.2, 0.25) is 0 Å². The molecular formula is C21H26ClNO3. The molecule has 0 amide bonds. The fraction of sp³-hybridized carbons (Fsp3) is 0.429. The summed E-state index contributed by atoms with van der Waals surface area (Å²) in [5.74, 6) is 1.96. The van der Waals surface area contributed by atoms with E-state index >= 15 is 0 Å². The number of halogens is 1. The molecule has 0 aliphatic carbocycles. The van der Waals surface area contributed by atoms with Crippen molar-refractivity contribution >= 4 is 11.6 Å². The predicted molar refractivity (Wildman–Crippen MR) is 104 cm³/mol. The van der Waals surface area contributed by atoms with Crippen LogP contribution in [0.1, 0.15) is 31.7 Å². The highest BCUT2D eigenvalue weighted by molar-refractivity contribution is 6.32. The molecule has 2 N–H and O–H groups in total. The molecule has 0 spiro atoms. The fourth-order valence-corrected chi connectivity index (χ4v) is 3.28. The van der Waals surface area contributed by atoms with Gasteiger partial charge in [0.15, 0.2) is 0 Å². The van der Waals surface area contributed by atoms with Crippen LogP contribution in [0, 0.1) is 0 Å². The summed E-state index contributed by atoms with van der Waals surface area (Å²) in [6, 6.07) is 15.4. The molecule has 3 atom stereocenters. The predicted octanol–water partition coefficient (Wildman–Crippen LogP) is 4.01. The lowest BCUT2D eigenvalue weighted by Gasteiger charge is -2.19. The number of aliphatic hydroxyl groups excluding tert-OH is 1. The third kappa shape index (κ3) is 4.91. The number of para-hydroxylation sites is 1. The number of hydrogen-bond acceptors (Lipinski definition) is 4. The molecule has 0 bridgehead atoms. The largest absolute Gasteiger partial charge is 0.489 e. The van der Waals surface area contributed by atoms with E-state index in [1.165, 1.54) is 5.56 Å². The molecule has 2 aromatic carbocycles. The number of nitrogens with one attached hydrogen (secondary N) is 1. The van der Waals surface area contributed by atoms with Crippen molar-refractivity contribution in [3.05, 3.63) is 59.1 Å². The molecule has 0 saturated carbocycles. The molecular weight excluding hydrogens is 350 g/mol. The zero-order chi connectivity index (χ0) is 18.5. The van der Waals surface area contributed by atoms with E-state index < -0.39 is 6.10 Å². The summed E-state index contributed by atoms with van der Waals surface area (Å²) in [5.41, 5.74) is 1.30. The number of rotatable bonds is 7. The first-order valence-electron chi connectivity index (χ1n) is 9.08. The second-order valence-electron chi connectivity index (χ2n) is 7.02. The normalized spacial score (nSPS) is 21.0. The van der Waals surface area contributed by atoms with Crippen LogP contribution in [0.5, 0.6) is 11.5 Å². The lowest BCUT2D eigenvalue weighted by atomic mass is 10.0. The molecule has 4 nitrogen and oxygen atoms in total. The highest BCUT2D eigenvalue weighted by Gasteiger charge is 2.31. The standard InChI is InChI=1S/C21H26ClNO3/c1-14(2)15-7-9-16(10-8-15)26-17-11-19(23-12-17)20(24)13-25-21-6-4-3-5-18(21)22/h3-10,14,17,19-20,23-24H,11-13H2,1-2H3/t17?,19-,20?/m0/s1. The smallest absolute Gasteiger partial charge is 0.138 e. The third-order valence-electron chi connectivity index (χ3n) is 4.68. The van der Waals surface area contributed by atoms with Crippen LogP contribution in [-0.2, 0) is 0 Å². The first kappa shape index (κ1) is 19.0. The van der Waals surface area contributed by atoms with Crippen molar-refractivity contribution in [3.8, 4) is 11.5 Å². The molecule has 5 heteroatoms. The Balaban J connectivity index is 1.47. The van der Waals surface area contributed by atoms with Crippen LogP contribution in [-0.4, -0.2) is 36.5 Å². The van der Waals surface area contributed by atoms with Crippen LogP contribution in [0.4, 0.5) is 0 Å². The molecule has 1 aliphatic rings. The minimum atomic E-state index is -0.622. The molecule has 1 fully saturated rings. The van der Waals surface area contributed by atoms with Crippen LogP contribution in [0.25, 0.3) is 0 Å². The van der Waals surface area contributed by atoms with Crippen LogP contribution in [0.3, 0.4) is 0 Å². The molecule has 3 rings (SSSR count). The SMILES string of the molecule is CC(C)c1ccc(OC2CN[C@H](C(O)COc3ccccc3Cl)C2)cc1. The van der Waals surface area contributed by atoms with Gasteiger partial charge in [0.25, 0.3) is 0 Å². The molecule has 1 heterocycles. The second kappa shape index (κ2) is 8.76. The molecule has 0 aromatic heterocycles. The maximum absolute atomic E-state index is 10.4. The van der Waals surface area contributed by atoms with Gasteiger partial charge in [-0.15, -0.1) is 0 Å². The van der Waals surface area contributed by atoms with Gasteiger partial charge in [-0.2, -0.15) is 0 Å². The van der Waals surface area contributed by atoms with Gasteiger partial charge in [0.1, 0.15) is 30.3 Å². The summed E-state index contributed by atoms with van der Waals surface area (Å²) in [6.07, 6.45) is 0.155. The van der Waals surface area contributed by atoms with Crippen LogP contribution >= 0.6 is 11.6 Å². The summed E-state index contributed by atoms with van der Waals surface area (Å²) < 4.78 is 11.7. The van der Waals surface area contributed by atoms with E-state index in [9.17, 15) is 5.11 Å². The molecule has 1 saturated heterocycles. The lowest BCUT2D eigenvalue weighted by molar-refractivity contribution is 0.0756. The topological polar surface area (TPSA) is 50.7 Å². The Bertz CT molecular complexity index is 705. The van der Waals surface area contributed by atoms with E-state index in [2.05, 4.69) is 31.3 Å². The van der Waals surface area contributed by atoms with Crippen molar-refractivity contribution < 1.29 is 14.6 Å². The Morgan fingerprint density at radius 1 is 1.15 bits per heavy atom. The molecule has 140 valence electrons. The Morgan fingerprint density at radius 3 is 2.58 bits per heavy atom. The van der Waals surface area contributed by atoms with Crippen molar-refractivity contribution in [2.45, 2.75) is 44.4 Å². The van der Waals surface area contributed by atoms with Gasteiger partial charge in [0.05, 0.1) is 5.02 Å². The molecule has 26 heavy (non-hydrogen) atoms. The minimum Gasteiger partial charge on any atom is -0.489 e. The first-order valence-corrected chi connectivity index (χ1v) is 9.46. The number of aliphatic hydroxyl groups is 1. The average Bonchev–Trinajstić information content (AvgIpc) is 3.10. The van der Waals surface area contributed by atoms with E-state index in [0.717, 1.165) is 12.2 Å². The summed E-state index contributed by atoms with van der Waals surface area (Å²) in [5, 5.41) is 14.3. The van der Waals surface area contributed by atoms with Gasteiger partial charge < -0.3 is 19.9 Å². The van der Waals surface area contributed by atoms with Crippen molar-refractivity contribution in [2.24, 2.45) is 0 Å². The van der Waals surface area contributed by atoms with E-state index in [0.29, 0.717) is 23.2 Å². The van der Waals surface area contributed by atoms with Gasteiger partial charge in [-0.3, -0.25) is 0 Å². The Hall–Kier alpha value is -1.75. The van der Waals surface area contributed by atoms with Gasteiger partial charge in [0, 0.05) is 19.0 Å². The Labute approximate surface area is 160 Å². The lowest BCUT2D eigenvalue weighted by Crippen LogP contribution is -2.38. The van der Waals surface area contributed by atoms with Crippen LogP contribution in [0.15, 0.2) is 48.5 Å². The highest BCUT2D eigenvalue weighted by Crippen LogP contribution is 2.25. The zero-order valence-corrected chi connectivity index (χ0v) is 15.9. The van der Waals surface area contributed by atoms with Gasteiger partial charge in [-0.05, 0) is 35.7 Å². The molecule has 0 radical (unpaired) electrons. The number of ether oxygens (including phenoxy) is 2. The monoisotopic (exact) mass is 375 g/mol. The van der Waals surface area contributed by atoms with Crippen molar-refractivity contribution in [3.63, 3.8) is 0 Å². The Morgan fingerprint density at radius 2 is 1.88 bits per heavy atom. The fourth-order valence-electron chi connectivity index (χ4n) is 3.09. The average molecular weight is 376 g/mol. The van der Waals surface area contributed by atoms with Crippen molar-refractivity contribution in [1.29, 1.82) is 0 Å². The van der Waals surface area contributed by atoms with E-state index in [4.69, 9.17) is 21.1 Å². The van der Waals surface area contributed by atoms with Gasteiger partial charge >= 0.3 is 0 Å². The summed E-state index contributed by atoms with van der Waals surface area (Å²) in [7, 11) is 0. The molecule has 2 aromatic rings. The van der Waals surface area contributed by atoms with Gasteiger partial charge in [-0.1, -0.05) is 49.7 Å². The number of benzene rings is 2. The van der Waals surface area contributed by atoms with E-state index in [1.807, 2.05) is 24.3 Å². The van der Waals surface area contributed by atoms with Crippen LogP contribution in [0.2, 0.25) is 5.02 Å². The quantitative estimate of drug-likeness (QED) is 0.767. The summed E-state index contributed by atoms with van der Waals surface area (Å²) >= 11 is 6.07. The second-order valence-corrected chi connectivity index (χ2v) is 7.43. The van der Waals surface area contributed by atoms with Gasteiger partial charge in [-0.25, -0.2) is 0 Å². The third-order valence-corrected chi connectivity index (χ3v) is 5.00. The maximum Gasteiger partial charge on any atom is 0.138 e. The molecule has 2 unspecified atom stereocenters. The van der Waals surface area contributed by atoms with Crippen molar-refractivity contribution in [2.75, 3.05) is 13.2 Å². The Kier molecular flexibility index (Phi) is 6.41. The van der Waals surface area contributed by atoms with Crippen LogP contribution < -0.4 is 14.8 Å². The van der Waals surface area contributed by atoms with E-state index in [-0.39, 0.29) is 18.8 Å².